The number of hydrogen-bond acceptors (Lipinski definition) is 5. The molecule has 0 aliphatic heterocycles. The smallest absolute Gasteiger partial charge is 0.281 e. The highest BCUT2D eigenvalue weighted by Gasteiger charge is 2.10. The van der Waals surface area contributed by atoms with Crippen LogP contribution in [0, 0.1) is 19.7 Å². The van der Waals surface area contributed by atoms with E-state index >= 15 is 0 Å². The lowest BCUT2D eigenvalue weighted by atomic mass is 10.2. The van der Waals surface area contributed by atoms with Crippen molar-refractivity contribution in [2.75, 3.05) is 5.73 Å². The summed E-state index contributed by atoms with van der Waals surface area (Å²) in [5, 5.41) is 7.93. The maximum Gasteiger partial charge on any atom is 0.281 e. The lowest BCUT2D eigenvalue weighted by Crippen LogP contribution is -1.92. The van der Waals surface area contributed by atoms with Gasteiger partial charge in [-0.25, -0.2) is 4.39 Å². The fraction of sp³-hybridized carbons (Fsp3) is 0.200. The Morgan fingerprint density at radius 3 is 2.69 bits per heavy atom. The second-order valence-electron chi connectivity index (χ2n) is 3.33. The van der Waals surface area contributed by atoms with Gasteiger partial charge in [-0.05, 0) is 36.4 Å². The van der Waals surface area contributed by atoms with Gasteiger partial charge in [0.15, 0.2) is 0 Å². The van der Waals surface area contributed by atoms with E-state index in [0.29, 0.717) is 27.3 Å². The van der Waals surface area contributed by atoms with Crippen molar-refractivity contribution in [3.05, 3.63) is 29.4 Å². The number of nitrogen functional groups attached to an aromatic ring is 1. The van der Waals surface area contributed by atoms with Gasteiger partial charge in [-0.2, -0.15) is 0 Å². The number of halogens is 1. The average molecular weight is 239 g/mol. The van der Waals surface area contributed by atoms with Crippen LogP contribution in [0.3, 0.4) is 0 Å². The van der Waals surface area contributed by atoms with E-state index in [2.05, 4.69) is 10.2 Å². The number of nitrogens with zero attached hydrogens (tertiary/aromatic N) is 2. The Morgan fingerprint density at radius 1 is 1.31 bits per heavy atom. The van der Waals surface area contributed by atoms with E-state index in [0.717, 1.165) is 0 Å². The molecule has 0 unspecified atom stereocenters. The molecule has 0 radical (unpaired) electrons. The third-order valence-electron chi connectivity index (χ3n) is 2.00. The highest BCUT2D eigenvalue weighted by atomic mass is 32.2. The SMILES string of the molecule is Cc1nnc(Sc2cc(C)c(F)cc2N)o1. The average Bonchev–Trinajstić information content (AvgIpc) is 2.60. The van der Waals surface area contributed by atoms with Crippen molar-refractivity contribution in [1.82, 2.24) is 10.2 Å². The van der Waals surface area contributed by atoms with Gasteiger partial charge in [-0.15, -0.1) is 10.2 Å². The normalized spacial score (nSPS) is 10.7. The molecule has 0 aliphatic rings. The molecule has 1 aromatic heterocycles. The third-order valence-corrected chi connectivity index (χ3v) is 2.91. The molecule has 0 saturated heterocycles. The van der Waals surface area contributed by atoms with E-state index in [9.17, 15) is 4.39 Å². The third kappa shape index (κ3) is 2.16. The Kier molecular flexibility index (Phi) is 2.82. The molecule has 0 spiro atoms. The van der Waals surface area contributed by atoms with E-state index in [4.69, 9.17) is 10.2 Å². The van der Waals surface area contributed by atoms with Gasteiger partial charge >= 0.3 is 0 Å². The first kappa shape index (κ1) is 10.9. The quantitative estimate of drug-likeness (QED) is 0.816. The van der Waals surface area contributed by atoms with Crippen LogP contribution in [0.2, 0.25) is 0 Å². The first-order chi connectivity index (χ1) is 7.56. The highest BCUT2D eigenvalue weighted by Crippen LogP contribution is 2.32. The summed E-state index contributed by atoms with van der Waals surface area (Å²) in [5.41, 5.74) is 6.59. The monoisotopic (exact) mass is 239 g/mol. The van der Waals surface area contributed by atoms with Crippen LogP contribution in [0.15, 0.2) is 26.7 Å². The Bertz CT molecular complexity index is 527. The molecule has 0 aliphatic carbocycles. The highest BCUT2D eigenvalue weighted by molar-refractivity contribution is 7.99. The summed E-state index contributed by atoms with van der Waals surface area (Å²) in [6, 6.07) is 2.95. The second-order valence-corrected chi connectivity index (χ2v) is 4.32. The van der Waals surface area contributed by atoms with Gasteiger partial charge in [0, 0.05) is 17.5 Å². The summed E-state index contributed by atoms with van der Waals surface area (Å²) in [4.78, 5) is 0.711. The molecule has 2 rings (SSSR count). The number of aromatic nitrogens is 2. The van der Waals surface area contributed by atoms with E-state index < -0.39 is 0 Å². The Morgan fingerprint density at radius 2 is 2.06 bits per heavy atom. The zero-order valence-electron chi connectivity index (χ0n) is 8.82. The summed E-state index contributed by atoms with van der Waals surface area (Å²) >= 11 is 1.23. The molecule has 2 aromatic rings. The van der Waals surface area contributed by atoms with Crippen LogP contribution in [0.1, 0.15) is 11.5 Å². The molecule has 0 atom stereocenters. The van der Waals surface area contributed by atoms with E-state index in [1.807, 2.05) is 0 Å². The summed E-state index contributed by atoms with van der Waals surface area (Å²) < 4.78 is 18.4. The number of nitrogens with two attached hydrogens (primary N) is 1. The molecule has 0 amide bonds. The van der Waals surface area contributed by atoms with Crippen molar-refractivity contribution >= 4 is 17.4 Å². The summed E-state index contributed by atoms with van der Waals surface area (Å²) in [7, 11) is 0. The van der Waals surface area contributed by atoms with Crippen LogP contribution in [0.5, 0.6) is 0 Å². The minimum Gasteiger partial charge on any atom is -0.416 e. The van der Waals surface area contributed by atoms with Gasteiger partial charge in [0.1, 0.15) is 5.82 Å². The molecule has 0 fully saturated rings. The van der Waals surface area contributed by atoms with Gasteiger partial charge in [-0.1, -0.05) is 0 Å². The fourth-order valence-corrected chi connectivity index (χ4v) is 2.02. The first-order valence-electron chi connectivity index (χ1n) is 4.60. The molecule has 84 valence electrons. The lowest BCUT2D eigenvalue weighted by molar-refractivity contribution is 0.429. The summed E-state index contributed by atoms with van der Waals surface area (Å²) in [6.07, 6.45) is 0. The molecule has 0 bridgehead atoms. The zero-order valence-corrected chi connectivity index (χ0v) is 9.64. The standard InChI is InChI=1S/C10H10FN3OS/c1-5-3-9(8(12)4-7(5)11)16-10-14-13-6(2)15-10/h3-4H,12H2,1-2H3. The molecule has 1 aromatic carbocycles. The lowest BCUT2D eigenvalue weighted by Gasteiger charge is -2.04. The Balaban J connectivity index is 2.31. The van der Waals surface area contributed by atoms with Crippen molar-refractivity contribution in [3.63, 3.8) is 0 Å². The number of benzene rings is 1. The van der Waals surface area contributed by atoms with Crippen molar-refractivity contribution < 1.29 is 8.81 Å². The summed E-state index contributed by atoms with van der Waals surface area (Å²) in [6.45, 7) is 3.38. The van der Waals surface area contributed by atoms with Gasteiger partial charge in [0.25, 0.3) is 5.22 Å². The molecule has 2 N–H and O–H groups in total. The van der Waals surface area contributed by atoms with Gasteiger partial charge in [0.05, 0.1) is 0 Å². The van der Waals surface area contributed by atoms with Crippen molar-refractivity contribution in [2.24, 2.45) is 0 Å². The molecule has 6 heteroatoms. The minimum absolute atomic E-state index is 0.316. The Labute approximate surface area is 96.0 Å². The minimum atomic E-state index is -0.316. The van der Waals surface area contributed by atoms with Crippen molar-refractivity contribution in [3.8, 4) is 0 Å². The van der Waals surface area contributed by atoms with E-state index in [-0.39, 0.29) is 5.82 Å². The van der Waals surface area contributed by atoms with Crippen LogP contribution >= 0.6 is 11.8 Å². The van der Waals surface area contributed by atoms with Crippen LogP contribution in [-0.4, -0.2) is 10.2 Å². The maximum absolute atomic E-state index is 13.2. The van der Waals surface area contributed by atoms with E-state index in [1.165, 1.54) is 17.8 Å². The van der Waals surface area contributed by atoms with Gasteiger partial charge in [0.2, 0.25) is 5.89 Å². The van der Waals surface area contributed by atoms with Crippen molar-refractivity contribution in [1.29, 1.82) is 0 Å². The fourth-order valence-electron chi connectivity index (χ4n) is 1.17. The van der Waals surface area contributed by atoms with Gasteiger partial charge < -0.3 is 10.2 Å². The number of anilines is 1. The maximum atomic E-state index is 13.2. The molecular formula is C10H10FN3OS. The molecule has 16 heavy (non-hydrogen) atoms. The second kappa shape index (κ2) is 4.13. The number of rotatable bonds is 2. The van der Waals surface area contributed by atoms with Crippen LogP contribution in [0.4, 0.5) is 10.1 Å². The molecule has 4 nitrogen and oxygen atoms in total. The van der Waals surface area contributed by atoms with Crippen LogP contribution < -0.4 is 5.73 Å². The first-order valence-corrected chi connectivity index (χ1v) is 5.41. The largest absolute Gasteiger partial charge is 0.416 e. The van der Waals surface area contributed by atoms with Crippen LogP contribution in [-0.2, 0) is 0 Å². The summed E-state index contributed by atoms with van der Waals surface area (Å²) in [5.74, 6) is 0.170. The predicted octanol–water partition coefficient (Wildman–Crippen LogP) is 2.56. The Hall–Kier alpha value is -1.56. The number of hydrogen-bond donors (Lipinski definition) is 1. The molecule has 0 saturated carbocycles. The molecular weight excluding hydrogens is 229 g/mol. The van der Waals surface area contributed by atoms with Crippen LogP contribution in [0.25, 0.3) is 0 Å². The van der Waals surface area contributed by atoms with Gasteiger partial charge in [-0.3, -0.25) is 0 Å². The van der Waals surface area contributed by atoms with Crippen molar-refractivity contribution in [2.45, 2.75) is 24.0 Å². The topological polar surface area (TPSA) is 64.9 Å². The van der Waals surface area contributed by atoms with E-state index in [1.54, 1.807) is 19.9 Å². The predicted molar refractivity (Wildman–Crippen MR) is 58.7 cm³/mol. The molecule has 1 heterocycles. The number of aryl methyl sites for hydroxylation is 2. The zero-order chi connectivity index (χ0) is 11.7.